The van der Waals surface area contributed by atoms with E-state index >= 15 is 0 Å². The van der Waals surface area contributed by atoms with E-state index in [1.54, 1.807) is 6.07 Å². The van der Waals surface area contributed by atoms with Crippen molar-refractivity contribution in [1.82, 2.24) is 4.31 Å². The number of nitriles is 1. The molecule has 0 spiro atoms. The van der Waals surface area contributed by atoms with Gasteiger partial charge < -0.3 is 4.74 Å². The summed E-state index contributed by atoms with van der Waals surface area (Å²) in [6, 6.07) is 5.22. The van der Waals surface area contributed by atoms with Gasteiger partial charge in [0.2, 0.25) is 10.0 Å². The van der Waals surface area contributed by atoms with Crippen LogP contribution in [0.4, 0.5) is 4.39 Å². The molecule has 0 aliphatic carbocycles. The number of rotatable bonds is 4. The Hall–Kier alpha value is -1.98. The van der Waals surface area contributed by atoms with Gasteiger partial charge in [0, 0.05) is 6.54 Å². The Balaban J connectivity index is 2.24. The summed E-state index contributed by atoms with van der Waals surface area (Å²) < 4.78 is 44.0. The zero-order valence-corrected chi connectivity index (χ0v) is 12.7. The molecule has 1 saturated heterocycles. The van der Waals surface area contributed by atoms with Crippen molar-refractivity contribution in [3.63, 3.8) is 0 Å². The van der Waals surface area contributed by atoms with Gasteiger partial charge >= 0.3 is 5.97 Å². The van der Waals surface area contributed by atoms with Gasteiger partial charge in [-0.15, -0.1) is 0 Å². The van der Waals surface area contributed by atoms with Crippen LogP contribution in [-0.4, -0.2) is 37.4 Å². The lowest BCUT2D eigenvalue weighted by Gasteiger charge is -2.23. The molecule has 0 aromatic heterocycles. The molecule has 0 bridgehead atoms. The fourth-order valence-corrected chi connectivity index (χ4v) is 3.93. The average Bonchev–Trinajstić information content (AvgIpc) is 2.97. The predicted molar refractivity (Wildman–Crippen MR) is 74.5 cm³/mol. The van der Waals surface area contributed by atoms with E-state index in [1.165, 1.54) is 6.92 Å². The summed E-state index contributed by atoms with van der Waals surface area (Å²) in [5, 5.41) is 8.66. The van der Waals surface area contributed by atoms with Gasteiger partial charge in [-0.05, 0) is 44.0 Å². The zero-order chi connectivity index (χ0) is 16.3. The molecule has 0 N–H and O–H groups in total. The Kier molecular flexibility index (Phi) is 4.78. The molecule has 2 atom stereocenters. The number of ether oxygens (including phenoxy) is 1. The summed E-state index contributed by atoms with van der Waals surface area (Å²) in [6.07, 6.45) is -0.0955. The predicted octanol–water partition coefficient (Wildman–Crippen LogP) is 1.43. The van der Waals surface area contributed by atoms with Crippen molar-refractivity contribution in [1.29, 1.82) is 5.26 Å². The number of carbonyl (C=O) groups is 1. The Labute approximate surface area is 128 Å². The smallest absolute Gasteiger partial charge is 0.325 e. The van der Waals surface area contributed by atoms with E-state index in [4.69, 9.17) is 10.00 Å². The minimum absolute atomic E-state index is 0.0815. The third-order valence-electron chi connectivity index (χ3n) is 3.37. The molecular formula is C14H15FN2O4S. The van der Waals surface area contributed by atoms with Crippen LogP contribution in [0.25, 0.3) is 0 Å². The van der Waals surface area contributed by atoms with Gasteiger partial charge in [0.25, 0.3) is 0 Å². The summed E-state index contributed by atoms with van der Waals surface area (Å²) >= 11 is 0. The monoisotopic (exact) mass is 326 g/mol. The van der Waals surface area contributed by atoms with Gasteiger partial charge in [0.1, 0.15) is 17.9 Å². The normalized spacial score (nSPS) is 20.3. The van der Waals surface area contributed by atoms with E-state index in [9.17, 15) is 17.6 Å². The molecule has 6 nitrogen and oxygen atoms in total. The van der Waals surface area contributed by atoms with Crippen LogP contribution < -0.4 is 0 Å². The van der Waals surface area contributed by atoms with Crippen LogP contribution >= 0.6 is 0 Å². The second-order valence-electron chi connectivity index (χ2n) is 4.94. The summed E-state index contributed by atoms with van der Waals surface area (Å²) in [6.45, 7) is 1.59. The van der Waals surface area contributed by atoms with Gasteiger partial charge in [0.05, 0.1) is 4.90 Å². The van der Waals surface area contributed by atoms with Crippen LogP contribution in [0.2, 0.25) is 0 Å². The highest BCUT2D eigenvalue weighted by molar-refractivity contribution is 7.89. The van der Waals surface area contributed by atoms with Gasteiger partial charge in [-0.25, -0.2) is 12.8 Å². The van der Waals surface area contributed by atoms with Crippen LogP contribution in [0.5, 0.6) is 0 Å². The van der Waals surface area contributed by atoms with Crippen LogP contribution in [0.15, 0.2) is 29.2 Å². The number of hydrogen-bond donors (Lipinski definition) is 0. The summed E-state index contributed by atoms with van der Waals surface area (Å²) in [4.78, 5) is 11.9. The van der Waals surface area contributed by atoms with Gasteiger partial charge in [0.15, 0.2) is 6.10 Å². The molecule has 1 heterocycles. The molecule has 1 aliphatic rings. The van der Waals surface area contributed by atoms with E-state index in [1.807, 2.05) is 0 Å². The fourth-order valence-electron chi connectivity index (χ4n) is 2.28. The molecule has 1 aromatic rings. The van der Waals surface area contributed by atoms with Gasteiger partial charge in [-0.1, -0.05) is 0 Å². The average molecular weight is 326 g/mol. The van der Waals surface area contributed by atoms with Crippen molar-refractivity contribution in [2.45, 2.75) is 36.8 Å². The third kappa shape index (κ3) is 3.26. The number of benzene rings is 1. The van der Waals surface area contributed by atoms with E-state index < -0.39 is 34.0 Å². The maximum atomic E-state index is 12.9. The molecule has 2 rings (SSSR count). The van der Waals surface area contributed by atoms with Gasteiger partial charge in [-0.2, -0.15) is 9.57 Å². The lowest BCUT2D eigenvalue weighted by Crippen LogP contribution is -2.42. The highest BCUT2D eigenvalue weighted by Gasteiger charge is 2.40. The van der Waals surface area contributed by atoms with E-state index in [-0.39, 0.29) is 11.4 Å². The van der Waals surface area contributed by atoms with Crippen molar-refractivity contribution in [2.75, 3.05) is 6.54 Å². The molecule has 22 heavy (non-hydrogen) atoms. The molecule has 0 amide bonds. The first-order valence-electron chi connectivity index (χ1n) is 6.74. The summed E-state index contributed by atoms with van der Waals surface area (Å²) in [5.41, 5.74) is 0. The second kappa shape index (κ2) is 6.42. The third-order valence-corrected chi connectivity index (χ3v) is 5.29. The largest absolute Gasteiger partial charge is 0.446 e. The summed E-state index contributed by atoms with van der Waals surface area (Å²) in [7, 11) is -3.91. The number of esters is 1. The van der Waals surface area contributed by atoms with Crippen molar-refractivity contribution in [3.8, 4) is 6.07 Å². The molecule has 0 unspecified atom stereocenters. The van der Waals surface area contributed by atoms with Crippen molar-refractivity contribution in [3.05, 3.63) is 30.1 Å². The lowest BCUT2D eigenvalue weighted by atomic mass is 10.2. The Bertz CT molecular complexity index is 697. The molecule has 118 valence electrons. The van der Waals surface area contributed by atoms with Crippen LogP contribution in [0.3, 0.4) is 0 Å². The van der Waals surface area contributed by atoms with Crippen LogP contribution in [0.1, 0.15) is 19.8 Å². The van der Waals surface area contributed by atoms with Crippen LogP contribution in [0, 0.1) is 17.1 Å². The van der Waals surface area contributed by atoms with Gasteiger partial charge in [-0.3, -0.25) is 4.79 Å². The maximum absolute atomic E-state index is 12.9. The van der Waals surface area contributed by atoms with Crippen molar-refractivity contribution in [2.24, 2.45) is 0 Å². The maximum Gasteiger partial charge on any atom is 0.325 e. The fraction of sp³-hybridized carbons (Fsp3) is 0.429. The minimum atomic E-state index is -3.91. The SMILES string of the molecule is C[C@H](C#N)OC(=O)[C@@H]1CCCN1S(=O)(=O)c1ccc(F)cc1. The Morgan fingerprint density at radius 3 is 2.68 bits per heavy atom. The number of carbonyl (C=O) groups excluding carboxylic acids is 1. The number of halogens is 1. The second-order valence-corrected chi connectivity index (χ2v) is 6.83. The minimum Gasteiger partial charge on any atom is -0.446 e. The number of hydrogen-bond acceptors (Lipinski definition) is 5. The first kappa shape index (κ1) is 16.4. The number of sulfonamides is 1. The molecule has 0 radical (unpaired) electrons. The Morgan fingerprint density at radius 1 is 1.45 bits per heavy atom. The van der Waals surface area contributed by atoms with E-state index in [0.717, 1.165) is 28.6 Å². The quantitative estimate of drug-likeness (QED) is 0.781. The topological polar surface area (TPSA) is 87.5 Å². The summed E-state index contributed by atoms with van der Waals surface area (Å²) in [5.74, 6) is -1.28. The molecule has 1 aliphatic heterocycles. The standard InChI is InChI=1S/C14H15FN2O4S/c1-10(9-16)21-14(18)13-3-2-8-17(13)22(19,20)12-6-4-11(15)5-7-12/h4-7,10,13H,2-3,8H2,1H3/t10-,13+/m1/s1. The first-order chi connectivity index (χ1) is 10.4. The van der Waals surface area contributed by atoms with Crippen LogP contribution in [-0.2, 0) is 19.6 Å². The highest BCUT2D eigenvalue weighted by Crippen LogP contribution is 2.27. The highest BCUT2D eigenvalue weighted by atomic mass is 32.2. The van der Waals surface area contributed by atoms with E-state index in [0.29, 0.717) is 12.8 Å². The first-order valence-corrected chi connectivity index (χ1v) is 8.18. The molecular weight excluding hydrogens is 311 g/mol. The molecule has 8 heteroatoms. The Morgan fingerprint density at radius 2 is 2.09 bits per heavy atom. The molecule has 1 aromatic carbocycles. The zero-order valence-electron chi connectivity index (χ0n) is 11.9. The molecule has 0 saturated carbocycles. The van der Waals surface area contributed by atoms with Crippen molar-refractivity contribution < 1.29 is 22.3 Å². The lowest BCUT2D eigenvalue weighted by molar-refractivity contribution is -0.149. The number of nitrogens with zero attached hydrogens (tertiary/aromatic N) is 2. The molecule has 1 fully saturated rings. The van der Waals surface area contributed by atoms with Crippen molar-refractivity contribution >= 4 is 16.0 Å². The van der Waals surface area contributed by atoms with E-state index in [2.05, 4.69) is 0 Å².